The van der Waals surface area contributed by atoms with Gasteiger partial charge >= 0.3 is 0 Å². The van der Waals surface area contributed by atoms with Crippen LogP contribution < -0.4 is 10.9 Å². The molecule has 28 heavy (non-hydrogen) atoms. The molecule has 0 radical (unpaired) electrons. The Hall–Kier alpha value is -2.58. The van der Waals surface area contributed by atoms with E-state index in [9.17, 15) is 14.0 Å². The summed E-state index contributed by atoms with van der Waals surface area (Å²) in [4.78, 5) is 35.8. The molecule has 1 fully saturated rings. The first-order valence-electron chi connectivity index (χ1n) is 9.46. The topological polar surface area (TPSA) is 81.3 Å². The fourth-order valence-corrected chi connectivity index (χ4v) is 3.46. The van der Waals surface area contributed by atoms with Crippen molar-refractivity contribution in [1.29, 1.82) is 0 Å². The summed E-state index contributed by atoms with van der Waals surface area (Å²) in [6.07, 6.45) is 0. The number of aromatic nitrogens is 2. The van der Waals surface area contributed by atoms with Crippen molar-refractivity contribution in [2.24, 2.45) is 0 Å². The number of aromatic amines is 1. The second-order valence-electron chi connectivity index (χ2n) is 7.20. The molecular weight excluding hydrogens is 361 g/mol. The number of amides is 1. The molecule has 2 heterocycles. The standard InChI is InChI=1S/C20H26FN5O2/c1-13-11-18(27)24-19(22-13)14(2)25-7-9-26(10-8-25)15(3)20(28)23-17-6-4-5-16(21)12-17/h4-6,11-12,14-15H,7-10H2,1-3H3,(H,23,28)(H,22,24,27)/t14-,15-/m1/s1. The maximum absolute atomic E-state index is 13.3. The first-order chi connectivity index (χ1) is 13.3. The summed E-state index contributed by atoms with van der Waals surface area (Å²) in [5.74, 6) is 0.128. The molecule has 7 nitrogen and oxygen atoms in total. The molecule has 0 unspecified atom stereocenters. The maximum Gasteiger partial charge on any atom is 0.251 e. The zero-order valence-electron chi connectivity index (χ0n) is 16.4. The average molecular weight is 387 g/mol. The Bertz CT molecular complexity index is 892. The van der Waals surface area contributed by atoms with Gasteiger partial charge in [0.05, 0.1) is 12.1 Å². The molecule has 1 aliphatic rings. The minimum atomic E-state index is -0.379. The molecular formula is C20H26FN5O2. The highest BCUT2D eigenvalue weighted by Crippen LogP contribution is 2.19. The van der Waals surface area contributed by atoms with Gasteiger partial charge in [-0.15, -0.1) is 0 Å². The van der Waals surface area contributed by atoms with Crippen LogP contribution in [0.5, 0.6) is 0 Å². The van der Waals surface area contributed by atoms with Gasteiger partial charge in [-0.05, 0) is 39.0 Å². The number of piperazine rings is 1. The van der Waals surface area contributed by atoms with Crippen LogP contribution in [-0.2, 0) is 4.79 Å². The fraction of sp³-hybridized carbons (Fsp3) is 0.450. The van der Waals surface area contributed by atoms with Crippen molar-refractivity contribution >= 4 is 11.6 Å². The summed E-state index contributed by atoms with van der Waals surface area (Å²) in [6.45, 7) is 8.64. The Morgan fingerprint density at radius 2 is 1.86 bits per heavy atom. The molecule has 1 aliphatic heterocycles. The van der Waals surface area contributed by atoms with E-state index in [1.54, 1.807) is 12.1 Å². The van der Waals surface area contributed by atoms with E-state index in [0.717, 1.165) is 26.2 Å². The van der Waals surface area contributed by atoms with Crippen LogP contribution in [0, 0.1) is 12.7 Å². The van der Waals surface area contributed by atoms with Crippen LogP contribution in [0.4, 0.5) is 10.1 Å². The third-order valence-corrected chi connectivity index (χ3v) is 5.20. The Morgan fingerprint density at radius 1 is 1.18 bits per heavy atom. The van der Waals surface area contributed by atoms with Gasteiger partial charge in [-0.2, -0.15) is 0 Å². The Kier molecular flexibility index (Phi) is 6.21. The van der Waals surface area contributed by atoms with Crippen LogP contribution in [0.25, 0.3) is 0 Å². The smallest absolute Gasteiger partial charge is 0.251 e. The second-order valence-corrected chi connectivity index (χ2v) is 7.20. The van der Waals surface area contributed by atoms with E-state index in [4.69, 9.17) is 0 Å². The summed E-state index contributed by atoms with van der Waals surface area (Å²) < 4.78 is 13.3. The lowest BCUT2D eigenvalue weighted by Gasteiger charge is -2.39. The van der Waals surface area contributed by atoms with E-state index < -0.39 is 0 Å². The molecule has 1 aromatic carbocycles. The highest BCUT2D eigenvalue weighted by atomic mass is 19.1. The van der Waals surface area contributed by atoms with Crippen molar-refractivity contribution in [1.82, 2.24) is 19.8 Å². The number of hydrogen-bond acceptors (Lipinski definition) is 5. The van der Waals surface area contributed by atoms with E-state index in [2.05, 4.69) is 25.1 Å². The zero-order chi connectivity index (χ0) is 20.3. The number of halogens is 1. The van der Waals surface area contributed by atoms with Gasteiger partial charge in [-0.1, -0.05) is 6.07 Å². The quantitative estimate of drug-likeness (QED) is 0.819. The van der Waals surface area contributed by atoms with Crippen LogP contribution >= 0.6 is 0 Å². The van der Waals surface area contributed by atoms with Gasteiger partial charge in [-0.25, -0.2) is 9.37 Å². The lowest BCUT2D eigenvalue weighted by atomic mass is 10.1. The van der Waals surface area contributed by atoms with Gasteiger partial charge in [0, 0.05) is 43.6 Å². The second kappa shape index (κ2) is 8.62. The normalized spacial score (nSPS) is 17.9. The van der Waals surface area contributed by atoms with E-state index in [0.29, 0.717) is 17.2 Å². The third kappa shape index (κ3) is 4.82. The minimum absolute atomic E-state index is 0.00817. The van der Waals surface area contributed by atoms with Crippen molar-refractivity contribution < 1.29 is 9.18 Å². The van der Waals surface area contributed by atoms with Crippen LogP contribution in [0.15, 0.2) is 35.1 Å². The van der Waals surface area contributed by atoms with Crippen molar-refractivity contribution in [2.45, 2.75) is 32.9 Å². The number of carbonyl (C=O) groups is 1. The number of rotatable bonds is 5. The first-order valence-corrected chi connectivity index (χ1v) is 9.46. The van der Waals surface area contributed by atoms with Crippen molar-refractivity contribution in [3.63, 3.8) is 0 Å². The number of aryl methyl sites for hydroxylation is 1. The predicted octanol–water partition coefficient (Wildman–Crippen LogP) is 1.92. The van der Waals surface area contributed by atoms with Crippen LogP contribution in [-0.4, -0.2) is 57.9 Å². The van der Waals surface area contributed by atoms with Crippen LogP contribution in [0.2, 0.25) is 0 Å². The highest BCUT2D eigenvalue weighted by Gasteiger charge is 2.28. The molecule has 150 valence electrons. The van der Waals surface area contributed by atoms with E-state index >= 15 is 0 Å². The number of benzene rings is 1. The zero-order valence-corrected chi connectivity index (χ0v) is 16.4. The van der Waals surface area contributed by atoms with Crippen LogP contribution in [0.1, 0.15) is 31.4 Å². The molecule has 2 atom stereocenters. The summed E-state index contributed by atoms with van der Waals surface area (Å²) in [5.41, 5.74) is 1.01. The molecule has 2 N–H and O–H groups in total. The lowest BCUT2D eigenvalue weighted by Crippen LogP contribution is -2.53. The number of hydrogen-bond donors (Lipinski definition) is 2. The Labute approximate surface area is 163 Å². The van der Waals surface area contributed by atoms with E-state index in [1.807, 2.05) is 20.8 Å². The summed E-state index contributed by atoms with van der Waals surface area (Å²) in [6, 6.07) is 7.04. The lowest BCUT2D eigenvalue weighted by molar-refractivity contribution is -0.121. The van der Waals surface area contributed by atoms with Crippen LogP contribution in [0.3, 0.4) is 0 Å². The Morgan fingerprint density at radius 3 is 2.50 bits per heavy atom. The molecule has 2 aromatic rings. The monoisotopic (exact) mass is 387 g/mol. The van der Waals surface area contributed by atoms with Gasteiger partial charge in [0.25, 0.3) is 5.56 Å². The summed E-state index contributed by atoms with van der Waals surface area (Å²) in [5, 5.41) is 2.77. The number of nitrogens with one attached hydrogen (secondary N) is 2. The molecule has 0 bridgehead atoms. The number of H-pyrrole nitrogens is 1. The summed E-state index contributed by atoms with van der Waals surface area (Å²) in [7, 11) is 0. The fourth-order valence-electron chi connectivity index (χ4n) is 3.46. The highest BCUT2D eigenvalue weighted by molar-refractivity contribution is 5.94. The molecule has 1 aromatic heterocycles. The van der Waals surface area contributed by atoms with Gasteiger partial charge in [0.1, 0.15) is 11.6 Å². The molecule has 1 saturated heterocycles. The van der Waals surface area contributed by atoms with Crippen molar-refractivity contribution in [2.75, 3.05) is 31.5 Å². The van der Waals surface area contributed by atoms with E-state index in [-0.39, 0.29) is 29.4 Å². The third-order valence-electron chi connectivity index (χ3n) is 5.20. The Balaban J connectivity index is 1.56. The summed E-state index contributed by atoms with van der Waals surface area (Å²) >= 11 is 0. The first kappa shape index (κ1) is 20.2. The minimum Gasteiger partial charge on any atom is -0.325 e. The number of carbonyl (C=O) groups excluding carboxylic acids is 1. The number of nitrogens with zero attached hydrogens (tertiary/aromatic N) is 3. The van der Waals surface area contributed by atoms with Crippen molar-refractivity contribution in [3.8, 4) is 0 Å². The van der Waals surface area contributed by atoms with E-state index in [1.165, 1.54) is 18.2 Å². The largest absolute Gasteiger partial charge is 0.325 e. The van der Waals surface area contributed by atoms with Gasteiger partial charge in [0.15, 0.2) is 0 Å². The molecule has 8 heteroatoms. The predicted molar refractivity (Wildman–Crippen MR) is 106 cm³/mol. The number of anilines is 1. The SMILES string of the molecule is Cc1cc(=O)[nH]c([C@@H](C)N2CCN([C@H](C)C(=O)Nc3cccc(F)c3)CC2)n1. The van der Waals surface area contributed by atoms with Gasteiger partial charge in [-0.3, -0.25) is 19.4 Å². The average Bonchev–Trinajstić information content (AvgIpc) is 2.66. The molecule has 0 saturated carbocycles. The molecule has 0 aliphatic carbocycles. The molecule has 3 rings (SSSR count). The van der Waals surface area contributed by atoms with Gasteiger partial charge in [0.2, 0.25) is 5.91 Å². The van der Waals surface area contributed by atoms with Crippen molar-refractivity contribution in [3.05, 3.63) is 58.0 Å². The van der Waals surface area contributed by atoms with Gasteiger partial charge < -0.3 is 10.3 Å². The maximum atomic E-state index is 13.3. The molecule has 1 amide bonds. The molecule has 0 spiro atoms.